The lowest BCUT2D eigenvalue weighted by atomic mass is 10.2. The van der Waals surface area contributed by atoms with E-state index in [2.05, 4.69) is 10.3 Å². The van der Waals surface area contributed by atoms with Crippen molar-refractivity contribution in [3.05, 3.63) is 47.7 Å². The molecule has 19 heavy (non-hydrogen) atoms. The van der Waals surface area contributed by atoms with Crippen molar-refractivity contribution in [2.45, 2.75) is 13.8 Å². The third-order valence-corrected chi connectivity index (χ3v) is 2.56. The highest BCUT2D eigenvalue weighted by Gasteiger charge is 2.05. The van der Waals surface area contributed by atoms with E-state index in [1.54, 1.807) is 18.3 Å². The minimum Gasteiger partial charge on any atom is -0.439 e. The number of aromatic nitrogens is 1. The summed E-state index contributed by atoms with van der Waals surface area (Å²) in [5.41, 5.74) is 7.67. The van der Waals surface area contributed by atoms with Crippen molar-refractivity contribution < 1.29 is 9.53 Å². The fraction of sp³-hybridized carbons (Fsp3) is 0.143. The molecule has 98 valence electrons. The molecule has 5 nitrogen and oxygen atoms in total. The molecule has 1 aromatic heterocycles. The lowest BCUT2D eigenvalue weighted by Crippen LogP contribution is -2.19. The smallest absolute Gasteiger partial charge is 0.316 e. The van der Waals surface area contributed by atoms with Crippen LogP contribution < -0.4 is 15.8 Å². The number of carbonyl (C=O) groups is 1. The Morgan fingerprint density at radius 3 is 2.74 bits per heavy atom. The molecule has 1 heterocycles. The molecule has 2 aromatic rings. The van der Waals surface area contributed by atoms with Crippen molar-refractivity contribution in [2.24, 2.45) is 5.73 Å². The van der Waals surface area contributed by atoms with Gasteiger partial charge in [-0.3, -0.25) is 0 Å². The lowest BCUT2D eigenvalue weighted by molar-refractivity contribution is 0.259. The van der Waals surface area contributed by atoms with Gasteiger partial charge >= 0.3 is 6.03 Å². The van der Waals surface area contributed by atoms with Gasteiger partial charge in [-0.25, -0.2) is 9.78 Å². The molecule has 0 saturated heterocycles. The van der Waals surface area contributed by atoms with Crippen LogP contribution in [-0.4, -0.2) is 11.0 Å². The highest BCUT2D eigenvalue weighted by atomic mass is 16.5. The van der Waals surface area contributed by atoms with Crippen LogP contribution in [0.4, 0.5) is 10.5 Å². The highest BCUT2D eigenvalue weighted by Crippen LogP contribution is 2.27. The van der Waals surface area contributed by atoms with Gasteiger partial charge in [-0.2, -0.15) is 0 Å². The van der Waals surface area contributed by atoms with Gasteiger partial charge in [0.15, 0.2) is 0 Å². The number of anilines is 1. The maximum absolute atomic E-state index is 10.8. The Kier molecular flexibility index (Phi) is 3.66. The molecule has 1 aromatic carbocycles. The fourth-order valence-corrected chi connectivity index (χ4v) is 1.61. The number of nitrogens with two attached hydrogens (primary N) is 1. The number of nitrogens with zero attached hydrogens (tertiary/aromatic N) is 1. The summed E-state index contributed by atoms with van der Waals surface area (Å²) in [6, 6.07) is 8.44. The molecule has 0 saturated carbocycles. The summed E-state index contributed by atoms with van der Waals surface area (Å²) in [7, 11) is 0. The Morgan fingerprint density at radius 2 is 2.05 bits per heavy atom. The Bertz CT molecular complexity index is 611. The number of carbonyl (C=O) groups excluding carboxylic acids is 1. The molecule has 0 spiro atoms. The maximum Gasteiger partial charge on any atom is 0.316 e. The molecule has 0 atom stereocenters. The van der Waals surface area contributed by atoms with E-state index in [1.807, 2.05) is 32.0 Å². The molecule has 3 N–H and O–H groups in total. The SMILES string of the molecule is Cc1ccnc(Oc2cc(NC(N)=O)ccc2C)c1. The second kappa shape index (κ2) is 5.39. The van der Waals surface area contributed by atoms with Crippen molar-refractivity contribution in [1.82, 2.24) is 4.98 Å². The van der Waals surface area contributed by atoms with Gasteiger partial charge in [0.25, 0.3) is 0 Å². The number of rotatable bonds is 3. The first-order valence-corrected chi connectivity index (χ1v) is 5.82. The van der Waals surface area contributed by atoms with Gasteiger partial charge in [0.1, 0.15) is 5.75 Å². The van der Waals surface area contributed by atoms with Crippen LogP contribution in [-0.2, 0) is 0 Å². The molecular weight excluding hydrogens is 242 g/mol. The van der Waals surface area contributed by atoms with Gasteiger partial charge in [0, 0.05) is 24.0 Å². The first-order valence-electron chi connectivity index (χ1n) is 5.82. The van der Waals surface area contributed by atoms with E-state index in [1.165, 1.54) is 0 Å². The molecule has 2 rings (SSSR count). The van der Waals surface area contributed by atoms with E-state index in [-0.39, 0.29) is 0 Å². The van der Waals surface area contributed by atoms with E-state index < -0.39 is 6.03 Å². The summed E-state index contributed by atoms with van der Waals surface area (Å²) >= 11 is 0. The van der Waals surface area contributed by atoms with Gasteiger partial charge in [0.05, 0.1) is 0 Å². The van der Waals surface area contributed by atoms with Crippen LogP contribution in [0.25, 0.3) is 0 Å². The minimum absolute atomic E-state index is 0.513. The van der Waals surface area contributed by atoms with Crippen LogP contribution in [0.5, 0.6) is 11.6 Å². The summed E-state index contributed by atoms with van der Waals surface area (Å²) in [6.07, 6.45) is 1.69. The number of pyridine rings is 1. The fourth-order valence-electron chi connectivity index (χ4n) is 1.61. The summed E-state index contributed by atoms with van der Waals surface area (Å²) in [5, 5.41) is 2.51. The van der Waals surface area contributed by atoms with E-state index in [0.29, 0.717) is 17.3 Å². The van der Waals surface area contributed by atoms with Crippen molar-refractivity contribution >= 4 is 11.7 Å². The number of hydrogen-bond acceptors (Lipinski definition) is 3. The number of nitrogens with one attached hydrogen (secondary N) is 1. The standard InChI is InChI=1S/C14H15N3O2/c1-9-5-6-16-13(7-9)19-12-8-11(17-14(15)18)4-3-10(12)2/h3-8H,1-2H3,(H3,15,17,18). The largest absolute Gasteiger partial charge is 0.439 e. The second-order valence-electron chi connectivity index (χ2n) is 4.24. The second-order valence-corrected chi connectivity index (χ2v) is 4.24. The van der Waals surface area contributed by atoms with Crippen LogP contribution in [0.3, 0.4) is 0 Å². The third kappa shape index (κ3) is 3.45. The summed E-state index contributed by atoms with van der Waals surface area (Å²) in [4.78, 5) is 15.0. The maximum atomic E-state index is 10.8. The number of primary amides is 1. The average Bonchev–Trinajstić information content (AvgIpc) is 2.33. The molecule has 0 aliphatic heterocycles. The molecule has 0 bridgehead atoms. The topological polar surface area (TPSA) is 77.2 Å². The molecule has 2 amide bonds. The quantitative estimate of drug-likeness (QED) is 0.887. The first-order chi connectivity index (χ1) is 9.04. The third-order valence-electron chi connectivity index (χ3n) is 2.56. The van der Waals surface area contributed by atoms with Crippen LogP contribution in [0, 0.1) is 13.8 Å². The Morgan fingerprint density at radius 1 is 1.26 bits per heavy atom. The zero-order valence-electron chi connectivity index (χ0n) is 10.8. The molecule has 0 aliphatic rings. The predicted octanol–water partition coefficient (Wildman–Crippen LogP) is 2.98. The van der Waals surface area contributed by atoms with E-state index in [4.69, 9.17) is 10.5 Å². The van der Waals surface area contributed by atoms with Gasteiger partial charge < -0.3 is 15.8 Å². The molecule has 0 aliphatic carbocycles. The van der Waals surface area contributed by atoms with Gasteiger partial charge in [0.2, 0.25) is 5.88 Å². The zero-order chi connectivity index (χ0) is 13.8. The number of amides is 2. The number of benzene rings is 1. The predicted molar refractivity (Wildman–Crippen MR) is 73.4 cm³/mol. The Balaban J connectivity index is 2.26. The number of hydrogen-bond donors (Lipinski definition) is 2. The number of ether oxygens (including phenoxy) is 1. The monoisotopic (exact) mass is 257 g/mol. The van der Waals surface area contributed by atoms with E-state index in [0.717, 1.165) is 11.1 Å². The number of aryl methyl sites for hydroxylation is 2. The zero-order valence-corrected chi connectivity index (χ0v) is 10.8. The molecule has 0 unspecified atom stereocenters. The molecule has 5 heteroatoms. The lowest BCUT2D eigenvalue weighted by Gasteiger charge is -2.10. The van der Waals surface area contributed by atoms with Crippen molar-refractivity contribution in [2.75, 3.05) is 5.32 Å². The molecular formula is C14H15N3O2. The van der Waals surface area contributed by atoms with E-state index in [9.17, 15) is 4.79 Å². The normalized spacial score (nSPS) is 10.0. The van der Waals surface area contributed by atoms with Crippen LogP contribution in [0.15, 0.2) is 36.5 Å². The van der Waals surface area contributed by atoms with Gasteiger partial charge in [-0.15, -0.1) is 0 Å². The summed E-state index contributed by atoms with van der Waals surface area (Å²) < 4.78 is 5.71. The first kappa shape index (κ1) is 12.9. The van der Waals surface area contributed by atoms with Crippen LogP contribution in [0.1, 0.15) is 11.1 Å². The van der Waals surface area contributed by atoms with Gasteiger partial charge in [-0.05, 0) is 37.1 Å². The summed E-state index contributed by atoms with van der Waals surface area (Å²) in [5.74, 6) is 1.14. The van der Waals surface area contributed by atoms with Crippen LogP contribution >= 0.6 is 0 Å². The molecule has 0 radical (unpaired) electrons. The molecule has 0 fully saturated rings. The highest BCUT2D eigenvalue weighted by molar-refractivity contribution is 5.88. The number of urea groups is 1. The average molecular weight is 257 g/mol. The van der Waals surface area contributed by atoms with Gasteiger partial charge in [-0.1, -0.05) is 6.07 Å². The summed E-state index contributed by atoms with van der Waals surface area (Å²) in [6.45, 7) is 3.88. The van der Waals surface area contributed by atoms with Crippen molar-refractivity contribution in [3.63, 3.8) is 0 Å². The minimum atomic E-state index is -0.608. The van der Waals surface area contributed by atoms with Crippen LogP contribution in [0.2, 0.25) is 0 Å². The van der Waals surface area contributed by atoms with Crippen molar-refractivity contribution in [1.29, 1.82) is 0 Å². The Hall–Kier alpha value is -2.56. The van der Waals surface area contributed by atoms with E-state index >= 15 is 0 Å². The Labute approximate surface area is 111 Å². The van der Waals surface area contributed by atoms with Crippen molar-refractivity contribution in [3.8, 4) is 11.6 Å².